The first kappa shape index (κ1) is 16.2. The van der Waals surface area contributed by atoms with Crippen molar-refractivity contribution in [3.05, 3.63) is 44.7 Å². The summed E-state index contributed by atoms with van der Waals surface area (Å²) in [6, 6.07) is 5.61. The highest BCUT2D eigenvalue weighted by atomic mass is 35.5. The van der Waals surface area contributed by atoms with Gasteiger partial charge in [-0.2, -0.15) is 0 Å². The lowest BCUT2D eigenvalue weighted by molar-refractivity contribution is -0.117. The highest BCUT2D eigenvalue weighted by molar-refractivity contribution is 7.09. The number of carbonyl (C=O) groups is 1. The summed E-state index contributed by atoms with van der Waals surface area (Å²) in [4.78, 5) is 19.4. The van der Waals surface area contributed by atoms with Crippen molar-refractivity contribution in [2.75, 3.05) is 18.4 Å². The van der Waals surface area contributed by atoms with E-state index in [0.717, 1.165) is 13.1 Å². The van der Waals surface area contributed by atoms with Crippen LogP contribution in [0.25, 0.3) is 0 Å². The van der Waals surface area contributed by atoms with E-state index in [2.05, 4.69) is 16.4 Å². The van der Waals surface area contributed by atoms with Gasteiger partial charge >= 0.3 is 0 Å². The zero-order valence-electron chi connectivity index (χ0n) is 11.5. The van der Waals surface area contributed by atoms with Crippen molar-refractivity contribution in [3.63, 3.8) is 0 Å². The molecule has 0 aliphatic heterocycles. The summed E-state index contributed by atoms with van der Waals surface area (Å²) >= 11 is 13.4. The Bertz CT molecular complexity index is 604. The lowest BCUT2D eigenvalue weighted by Gasteiger charge is -2.19. The van der Waals surface area contributed by atoms with Gasteiger partial charge in [0.05, 0.1) is 16.6 Å². The summed E-state index contributed by atoms with van der Waals surface area (Å²) in [6.07, 6.45) is 1.45. The second kappa shape index (κ2) is 7.75. The van der Waals surface area contributed by atoms with Crippen LogP contribution in [-0.4, -0.2) is 28.9 Å². The fraction of sp³-hybridized carbons (Fsp3) is 0.286. The van der Waals surface area contributed by atoms with Crippen molar-refractivity contribution in [2.45, 2.75) is 13.5 Å². The second-order valence-electron chi connectivity index (χ2n) is 4.41. The van der Waals surface area contributed by atoms with E-state index < -0.39 is 0 Å². The molecule has 0 aliphatic carbocycles. The van der Waals surface area contributed by atoms with Crippen molar-refractivity contribution in [3.8, 4) is 0 Å². The lowest BCUT2D eigenvalue weighted by atomic mass is 10.4. The van der Waals surface area contributed by atoms with E-state index in [1.807, 2.05) is 23.3 Å². The van der Waals surface area contributed by atoms with Gasteiger partial charge in [0, 0.05) is 17.6 Å². The standard InChI is InChI=1S/C14H15Cl2N3OS/c1-2-19(8-11-4-3-5-21-11)9-13(20)18-14-12(16)6-10(15)7-17-14/h3-7H,2,8-9H2,1H3,(H,17,18,20). The average Bonchev–Trinajstić information content (AvgIpc) is 2.94. The van der Waals surface area contributed by atoms with Gasteiger partial charge in [-0.05, 0) is 24.1 Å². The molecule has 112 valence electrons. The van der Waals surface area contributed by atoms with Crippen molar-refractivity contribution >= 4 is 46.3 Å². The smallest absolute Gasteiger partial charge is 0.239 e. The lowest BCUT2D eigenvalue weighted by Crippen LogP contribution is -2.32. The molecular weight excluding hydrogens is 329 g/mol. The number of anilines is 1. The van der Waals surface area contributed by atoms with Crippen LogP contribution in [0.5, 0.6) is 0 Å². The Morgan fingerprint density at radius 1 is 1.48 bits per heavy atom. The number of amides is 1. The summed E-state index contributed by atoms with van der Waals surface area (Å²) in [7, 11) is 0. The molecule has 0 fully saturated rings. The van der Waals surface area contributed by atoms with Gasteiger partial charge in [-0.25, -0.2) is 4.98 Å². The molecule has 2 heterocycles. The van der Waals surface area contributed by atoms with Crippen LogP contribution < -0.4 is 5.32 Å². The van der Waals surface area contributed by atoms with Crippen molar-refractivity contribution in [2.24, 2.45) is 0 Å². The normalized spacial score (nSPS) is 10.9. The molecule has 0 bridgehead atoms. The molecule has 0 atom stereocenters. The Hall–Kier alpha value is -1.14. The molecule has 1 amide bonds. The van der Waals surface area contributed by atoms with Gasteiger partial charge in [-0.3, -0.25) is 9.69 Å². The number of halogens is 2. The van der Waals surface area contributed by atoms with E-state index in [1.165, 1.54) is 11.1 Å². The summed E-state index contributed by atoms with van der Waals surface area (Å²) in [5.74, 6) is 0.184. The van der Waals surface area contributed by atoms with Gasteiger partial charge in [0.2, 0.25) is 5.91 Å². The third-order valence-electron chi connectivity index (χ3n) is 2.84. The molecule has 21 heavy (non-hydrogen) atoms. The molecule has 2 aromatic heterocycles. The number of likely N-dealkylation sites (N-methyl/N-ethyl adjacent to an activating group) is 1. The first-order valence-corrected chi connectivity index (χ1v) is 8.07. The summed E-state index contributed by atoms with van der Waals surface area (Å²) in [6.45, 7) is 3.85. The molecule has 2 rings (SSSR count). The topological polar surface area (TPSA) is 45.2 Å². The monoisotopic (exact) mass is 343 g/mol. The van der Waals surface area contributed by atoms with Gasteiger partial charge < -0.3 is 5.32 Å². The van der Waals surface area contributed by atoms with Crippen LogP contribution in [0, 0.1) is 0 Å². The number of pyridine rings is 1. The highest BCUT2D eigenvalue weighted by Crippen LogP contribution is 2.22. The van der Waals surface area contributed by atoms with Crippen LogP contribution in [0.15, 0.2) is 29.8 Å². The van der Waals surface area contributed by atoms with E-state index in [-0.39, 0.29) is 12.5 Å². The molecule has 4 nitrogen and oxygen atoms in total. The molecule has 0 aliphatic rings. The number of aromatic nitrogens is 1. The number of hydrogen-bond donors (Lipinski definition) is 1. The second-order valence-corrected chi connectivity index (χ2v) is 6.29. The third kappa shape index (κ3) is 4.97. The van der Waals surface area contributed by atoms with Gasteiger partial charge in [-0.1, -0.05) is 36.2 Å². The number of hydrogen-bond acceptors (Lipinski definition) is 4. The maximum atomic E-state index is 12.1. The van der Waals surface area contributed by atoms with Gasteiger partial charge in [-0.15, -0.1) is 11.3 Å². The fourth-order valence-corrected chi connectivity index (χ4v) is 2.96. The van der Waals surface area contributed by atoms with Gasteiger partial charge in [0.25, 0.3) is 0 Å². The number of nitrogens with zero attached hydrogens (tertiary/aromatic N) is 2. The van der Waals surface area contributed by atoms with Crippen LogP contribution in [0.1, 0.15) is 11.8 Å². The minimum Gasteiger partial charge on any atom is -0.308 e. The first-order valence-electron chi connectivity index (χ1n) is 6.44. The summed E-state index contributed by atoms with van der Waals surface area (Å²) in [5.41, 5.74) is 0. The van der Waals surface area contributed by atoms with Crippen molar-refractivity contribution in [1.82, 2.24) is 9.88 Å². The minimum absolute atomic E-state index is 0.148. The fourth-order valence-electron chi connectivity index (χ4n) is 1.78. The predicted molar refractivity (Wildman–Crippen MR) is 88.2 cm³/mol. The first-order chi connectivity index (χ1) is 10.1. The van der Waals surface area contributed by atoms with Gasteiger partial charge in [0.1, 0.15) is 0 Å². The van der Waals surface area contributed by atoms with E-state index in [0.29, 0.717) is 15.9 Å². The molecule has 0 saturated heterocycles. The number of nitrogens with one attached hydrogen (secondary N) is 1. The van der Waals surface area contributed by atoms with Crippen molar-refractivity contribution in [1.29, 1.82) is 0 Å². The number of carbonyl (C=O) groups excluding carboxylic acids is 1. The number of rotatable bonds is 6. The molecule has 0 saturated carbocycles. The Morgan fingerprint density at radius 3 is 2.90 bits per heavy atom. The van der Waals surface area contributed by atoms with E-state index in [4.69, 9.17) is 23.2 Å². The molecule has 1 N–H and O–H groups in total. The van der Waals surface area contributed by atoms with Crippen LogP contribution in [0.4, 0.5) is 5.82 Å². The van der Waals surface area contributed by atoms with Crippen LogP contribution in [-0.2, 0) is 11.3 Å². The molecule has 0 aromatic carbocycles. The maximum absolute atomic E-state index is 12.1. The Balaban J connectivity index is 1.93. The van der Waals surface area contributed by atoms with Crippen LogP contribution in [0.2, 0.25) is 10.0 Å². The molecule has 7 heteroatoms. The predicted octanol–water partition coefficient (Wildman–Crippen LogP) is 3.91. The van der Waals surface area contributed by atoms with E-state index in [1.54, 1.807) is 17.4 Å². The molecule has 2 aromatic rings. The van der Waals surface area contributed by atoms with E-state index >= 15 is 0 Å². The quantitative estimate of drug-likeness (QED) is 0.864. The Kier molecular flexibility index (Phi) is 5.99. The minimum atomic E-state index is -0.148. The molecule has 0 spiro atoms. The SMILES string of the molecule is CCN(CC(=O)Nc1ncc(Cl)cc1Cl)Cc1cccs1. The van der Waals surface area contributed by atoms with Crippen LogP contribution in [0.3, 0.4) is 0 Å². The summed E-state index contributed by atoms with van der Waals surface area (Å²) in [5, 5.41) is 5.50. The Morgan fingerprint density at radius 2 is 2.29 bits per heavy atom. The Labute approximate surface area is 137 Å². The molecule has 0 unspecified atom stereocenters. The number of thiophene rings is 1. The molecule has 0 radical (unpaired) electrons. The van der Waals surface area contributed by atoms with Crippen LogP contribution >= 0.6 is 34.5 Å². The summed E-state index contributed by atoms with van der Waals surface area (Å²) < 4.78 is 0. The third-order valence-corrected chi connectivity index (χ3v) is 4.20. The highest BCUT2D eigenvalue weighted by Gasteiger charge is 2.12. The average molecular weight is 344 g/mol. The van der Waals surface area contributed by atoms with Gasteiger partial charge in [0.15, 0.2) is 5.82 Å². The van der Waals surface area contributed by atoms with Crippen molar-refractivity contribution < 1.29 is 4.79 Å². The zero-order valence-corrected chi connectivity index (χ0v) is 13.8. The maximum Gasteiger partial charge on any atom is 0.239 e. The van der Waals surface area contributed by atoms with E-state index in [9.17, 15) is 4.79 Å². The largest absolute Gasteiger partial charge is 0.308 e. The molecular formula is C14H15Cl2N3OS. The zero-order chi connectivity index (χ0) is 15.2.